The fraction of sp³-hybridized carbons (Fsp3) is 0.700. The van der Waals surface area contributed by atoms with E-state index in [1.807, 2.05) is 12.5 Å². The van der Waals surface area contributed by atoms with Gasteiger partial charge in [-0.15, -0.1) is 0 Å². The zero-order chi connectivity index (χ0) is 8.81. The summed E-state index contributed by atoms with van der Waals surface area (Å²) >= 11 is 0. The smallest absolute Gasteiger partial charge is 0.108 e. The highest BCUT2D eigenvalue weighted by Crippen LogP contribution is 2.18. The Morgan fingerprint density at radius 1 is 1.33 bits per heavy atom. The molecule has 12 heavy (non-hydrogen) atoms. The highest BCUT2D eigenvalue weighted by Gasteiger charge is 2.06. The van der Waals surface area contributed by atoms with Gasteiger partial charge in [-0.2, -0.15) is 0 Å². The summed E-state index contributed by atoms with van der Waals surface area (Å²) in [6.45, 7) is 4.45. The monoisotopic (exact) mass is 165 g/mol. The summed E-state index contributed by atoms with van der Waals surface area (Å²) in [6, 6.07) is 0.638. The first-order valence-corrected chi connectivity index (χ1v) is 4.78. The number of rotatable bonds is 5. The summed E-state index contributed by atoms with van der Waals surface area (Å²) in [7, 11) is 0. The van der Waals surface area contributed by atoms with Crippen LogP contribution in [0.3, 0.4) is 0 Å². The van der Waals surface area contributed by atoms with Crippen LogP contribution in [0.25, 0.3) is 0 Å². The van der Waals surface area contributed by atoms with E-state index < -0.39 is 0 Å². The second kappa shape index (κ2) is 4.96. The molecule has 0 aliphatic heterocycles. The Hall–Kier alpha value is -0.790. The third-order valence-corrected chi connectivity index (χ3v) is 2.14. The topological polar surface area (TPSA) is 17.8 Å². The molecule has 0 fully saturated rings. The molecule has 0 aromatic carbocycles. The normalized spacial score (nSPS) is 10.9. The van der Waals surface area contributed by atoms with Gasteiger partial charge in [-0.3, -0.25) is 0 Å². The Morgan fingerprint density at radius 3 is 2.42 bits per heavy atom. The van der Waals surface area contributed by atoms with Crippen LogP contribution in [0.5, 0.6) is 0 Å². The minimum atomic E-state index is 0.638. The molecule has 1 heterocycles. The summed E-state index contributed by atoms with van der Waals surface area (Å²) in [5, 5.41) is 0. The van der Waals surface area contributed by atoms with Crippen LogP contribution < -0.4 is 0 Å². The second-order valence-corrected chi connectivity index (χ2v) is 3.18. The van der Waals surface area contributed by atoms with Crippen LogP contribution >= 0.6 is 0 Å². The van der Waals surface area contributed by atoms with Gasteiger partial charge in [-0.05, 0) is 12.8 Å². The number of hydrogen-bond donors (Lipinski definition) is 0. The van der Waals surface area contributed by atoms with Gasteiger partial charge in [0.15, 0.2) is 0 Å². The van der Waals surface area contributed by atoms with Crippen molar-refractivity contribution >= 4 is 0 Å². The van der Waals surface area contributed by atoms with Crippen LogP contribution in [0, 0.1) is 6.20 Å². The van der Waals surface area contributed by atoms with Gasteiger partial charge in [-0.1, -0.05) is 26.7 Å². The molecule has 0 amide bonds. The summed E-state index contributed by atoms with van der Waals surface area (Å²) in [4.78, 5) is 3.95. The molecule has 1 rings (SSSR count). The van der Waals surface area contributed by atoms with Crippen molar-refractivity contribution in [1.82, 2.24) is 9.55 Å². The molecule has 0 bridgehead atoms. The maximum absolute atomic E-state index is 3.95. The van der Waals surface area contributed by atoms with E-state index in [0.717, 1.165) is 0 Å². The lowest BCUT2D eigenvalue weighted by atomic mass is 10.1. The van der Waals surface area contributed by atoms with Crippen LogP contribution in [-0.4, -0.2) is 9.55 Å². The first-order valence-electron chi connectivity index (χ1n) is 4.78. The van der Waals surface area contributed by atoms with E-state index in [1.54, 1.807) is 0 Å². The summed E-state index contributed by atoms with van der Waals surface area (Å²) in [5.74, 6) is 0. The molecule has 0 N–H and O–H groups in total. The SMILES string of the molecule is CCCC(CCC)n1c[c]nc1. The van der Waals surface area contributed by atoms with Gasteiger partial charge in [0.05, 0.1) is 6.33 Å². The zero-order valence-corrected chi connectivity index (χ0v) is 7.95. The largest absolute Gasteiger partial charge is 0.334 e. The van der Waals surface area contributed by atoms with Crippen LogP contribution in [0.15, 0.2) is 12.5 Å². The summed E-state index contributed by atoms with van der Waals surface area (Å²) < 4.78 is 2.17. The third kappa shape index (κ3) is 2.36. The minimum Gasteiger partial charge on any atom is -0.334 e. The van der Waals surface area contributed by atoms with Crippen molar-refractivity contribution in [3.63, 3.8) is 0 Å². The molecule has 0 unspecified atom stereocenters. The standard InChI is InChI=1S/C10H17N2/c1-3-5-10(6-4-2)12-8-7-11-9-12/h8-10H,3-6H2,1-2H3. The molecule has 2 nitrogen and oxygen atoms in total. The Kier molecular flexibility index (Phi) is 3.85. The molecule has 0 saturated heterocycles. The molecule has 0 saturated carbocycles. The Bertz CT molecular complexity index is 186. The van der Waals surface area contributed by atoms with Crippen LogP contribution in [-0.2, 0) is 0 Å². The fourth-order valence-corrected chi connectivity index (χ4v) is 1.54. The van der Waals surface area contributed by atoms with Gasteiger partial charge in [0.2, 0.25) is 0 Å². The van der Waals surface area contributed by atoms with Crippen LogP contribution in [0.2, 0.25) is 0 Å². The molecule has 1 aromatic rings. The molecule has 67 valence electrons. The predicted molar refractivity (Wildman–Crippen MR) is 49.9 cm³/mol. The fourth-order valence-electron chi connectivity index (χ4n) is 1.54. The van der Waals surface area contributed by atoms with Crippen molar-refractivity contribution in [2.45, 2.75) is 45.6 Å². The van der Waals surface area contributed by atoms with Crippen molar-refractivity contribution in [1.29, 1.82) is 0 Å². The third-order valence-electron chi connectivity index (χ3n) is 2.14. The Morgan fingerprint density at radius 2 is 2.00 bits per heavy atom. The van der Waals surface area contributed by atoms with E-state index in [-0.39, 0.29) is 0 Å². The Balaban J connectivity index is 2.53. The van der Waals surface area contributed by atoms with Crippen molar-refractivity contribution in [3.8, 4) is 0 Å². The van der Waals surface area contributed by atoms with Crippen molar-refractivity contribution in [3.05, 3.63) is 18.7 Å². The maximum atomic E-state index is 3.95. The lowest BCUT2D eigenvalue weighted by molar-refractivity contribution is 0.426. The highest BCUT2D eigenvalue weighted by atomic mass is 15.0. The molecule has 0 aliphatic carbocycles. The summed E-state index contributed by atoms with van der Waals surface area (Å²) in [5.41, 5.74) is 0. The minimum absolute atomic E-state index is 0.638. The lowest BCUT2D eigenvalue weighted by Gasteiger charge is -2.16. The van der Waals surface area contributed by atoms with E-state index in [2.05, 4.69) is 29.6 Å². The van der Waals surface area contributed by atoms with Gasteiger partial charge in [-0.25, -0.2) is 4.98 Å². The van der Waals surface area contributed by atoms with Gasteiger partial charge in [0.25, 0.3) is 0 Å². The van der Waals surface area contributed by atoms with Crippen molar-refractivity contribution in [2.24, 2.45) is 0 Å². The average Bonchev–Trinajstić information content (AvgIpc) is 2.56. The molecular formula is C10H17N2. The van der Waals surface area contributed by atoms with E-state index in [4.69, 9.17) is 0 Å². The average molecular weight is 165 g/mol. The van der Waals surface area contributed by atoms with Gasteiger partial charge >= 0.3 is 0 Å². The molecule has 2 heteroatoms. The summed E-state index contributed by atoms with van der Waals surface area (Å²) in [6.07, 6.45) is 11.6. The van der Waals surface area contributed by atoms with Crippen molar-refractivity contribution in [2.75, 3.05) is 0 Å². The number of nitrogens with zero attached hydrogens (tertiary/aromatic N) is 2. The molecular weight excluding hydrogens is 148 g/mol. The van der Waals surface area contributed by atoms with Gasteiger partial charge in [0.1, 0.15) is 6.20 Å². The molecule has 0 spiro atoms. The van der Waals surface area contributed by atoms with Crippen LogP contribution in [0.1, 0.15) is 45.6 Å². The highest BCUT2D eigenvalue weighted by molar-refractivity contribution is 4.78. The second-order valence-electron chi connectivity index (χ2n) is 3.18. The molecule has 0 atom stereocenters. The van der Waals surface area contributed by atoms with Crippen molar-refractivity contribution < 1.29 is 0 Å². The quantitative estimate of drug-likeness (QED) is 0.656. The lowest BCUT2D eigenvalue weighted by Crippen LogP contribution is -2.06. The van der Waals surface area contributed by atoms with E-state index in [1.165, 1.54) is 25.7 Å². The number of aromatic nitrogens is 2. The predicted octanol–water partition coefficient (Wildman–Crippen LogP) is 2.82. The molecule has 1 radical (unpaired) electrons. The molecule has 0 aliphatic rings. The molecule has 1 aromatic heterocycles. The van der Waals surface area contributed by atoms with E-state index >= 15 is 0 Å². The number of hydrogen-bond acceptors (Lipinski definition) is 1. The van der Waals surface area contributed by atoms with Gasteiger partial charge < -0.3 is 4.57 Å². The van der Waals surface area contributed by atoms with Crippen LogP contribution in [0.4, 0.5) is 0 Å². The maximum Gasteiger partial charge on any atom is 0.108 e. The van der Waals surface area contributed by atoms with E-state index in [0.29, 0.717) is 6.04 Å². The first-order chi connectivity index (χ1) is 5.88. The van der Waals surface area contributed by atoms with Gasteiger partial charge in [0, 0.05) is 12.2 Å². The zero-order valence-electron chi connectivity index (χ0n) is 7.95. The number of imidazole rings is 1. The van der Waals surface area contributed by atoms with E-state index in [9.17, 15) is 0 Å². The Labute approximate surface area is 74.6 Å². The first kappa shape index (κ1) is 9.30.